The summed E-state index contributed by atoms with van der Waals surface area (Å²) in [6.07, 6.45) is -0.0303. The van der Waals surface area contributed by atoms with Crippen LogP contribution >= 0.6 is 39.1 Å². The first-order valence-electron chi connectivity index (χ1n) is 11.3. The molecule has 35 heavy (non-hydrogen) atoms. The van der Waals surface area contributed by atoms with E-state index >= 15 is 0 Å². The minimum Gasteiger partial charge on any atom is -0.326 e. The monoisotopic (exact) mass is 568 g/mol. The molecule has 0 saturated carbocycles. The summed E-state index contributed by atoms with van der Waals surface area (Å²) in [5.74, 6) is -2.78. The van der Waals surface area contributed by atoms with Crippen molar-refractivity contribution in [3.63, 3.8) is 0 Å². The smallest absolute Gasteiger partial charge is 0.235 e. The number of alkyl halides is 2. The van der Waals surface area contributed by atoms with Crippen molar-refractivity contribution in [1.82, 2.24) is 4.90 Å². The Morgan fingerprint density at radius 1 is 0.800 bits per heavy atom. The van der Waals surface area contributed by atoms with Crippen LogP contribution in [0.2, 0.25) is 0 Å². The molecule has 3 aliphatic carbocycles. The van der Waals surface area contributed by atoms with Crippen LogP contribution < -0.4 is 5.32 Å². The number of imide groups is 1. The maximum absolute atomic E-state index is 13.7. The van der Waals surface area contributed by atoms with Crippen molar-refractivity contribution in [3.8, 4) is 0 Å². The largest absolute Gasteiger partial charge is 0.326 e. The van der Waals surface area contributed by atoms with Crippen LogP contribution in [0.5, 0.6) is 0 Å². The SMILES string of the molecule is O=C(CCN1C(=O)[C@H]2[C@H](C1=O)C1(Cl)c3ccccc3C2(Cl)c2ccccc21)Nc1ccc(Br)cc1. The van der Waals surface area contributed by atoms with Crippen LogP contribution in [0.3, 0.4) is 0 Å². The zero-order chi connectivity index (χ0) is 24.5. The Morgan fingerprint density at radius 2 is 1.23 bits per heavy atom. The van der Waals surface area contributed by atoms with Crippen molar-refractivity contribution in [3.05, 3.63) is 99.5 Å². The van der Waals surface area contributed by atoms with Gasteiger partial charge in [0.2, 0.25) is 17.7 Å². The summed E-state index contributed by atoms with van der Waals surface area (Å²) < 4.78 is 0.896. The summed E-state index contributed by atoms with van der Waals surface area (Å²) in [6, 6.07) is 22.2. The van der Waals surface area contributed by atoms with Gasteiger partial charge in [0.15, 0.2) is 0 Å². The Morgan fingerprint density at radius 3 is 1.66 bits per heavy atom. The number of halogens is 3. The second kappa shape index (κ2) is 7.92. The van der Waals surface area contributed by atoms with E-state index in [1.807, 2.05) is 60.7 Å². The highest BCUT2D eigenvalue weighted by Crippen LogP contribution is 2.69. The van der Waals surface area contributed by atoms with E-state index < -0.39 is 21.6 Å². The van der Waals surface area contributed by atoms with Gasteiger partial charge >= 0.3 is 0 Å². The van der Waals surface area contributed by atoms with Crippen LogP contribution in [0, 0.1) is 11.8 Å². The number of likely N-dealkylation sites (tertiary alicyclic amines) is 1. The van der Waals surface area contributed by atoms with Gasteiger partial charge in [-0.3, -0.25) is 19.3 Å². The average molecular weight is 570 g/mol. The zero-order valence-electron chi connectivity index (χ0n) is 18.3. The third-order valence-corrected chi connectivity index (χ3v) is 9.18. The van der Waals surface area contributed by atoms with Crippen molar-refractivity contribution in [2.45, 2.75) is 16.2 Å². The maximum atomic E-state index is 13.7. The molecule has 5 nitrogen and oxygen atoms in total. The highest BCUT2D eigenvalue weighted by molar-refractivity contribution is 9.10. The Bertz CT molecular complexity index is 1290. The molecule has 0 spiro atoms. The molecular weight excluding hydrogens is 551 g/mol. The van der Waals surface area contributed by atoms with Crippen LogP contribution in [0.1, 0.15) is 28.7 Å². The Labute approximate surface area is 220 Å². The summed E-state index contributed by atoms with van der Waals surface area (Å²) in [7, 11) is 0. The van der Waals surface area contributed by atoms with Gasteiger partial charge in [-0.1, -0.05) is 64.5 Å². The van der Waals surface area contributed by atoms with Crippen molar-refractivity contribution >= 4 is 62.5 Å². The second-order valence-electron chi connectivity index (χ2n) is 9.10. The average Bonchev–Trinajstić information content (AvgIpc) is 3.13. The number of nitrogens with one attached hydrogen (secondary N) is 1. The summed E-state index contributed by atoms with van der Waals surface area (Å²) >= 11 is 18.1. The topological polar surface area (TPSA) is 66.5 Å². The summed E-state index contributed by atoms with van der Waals surface area (Å²) in [5, 5.41) is 2.80. The minimum atomic E-state index is -1.21. The lowest BCUT2D eigenvalue weighted by atomic mass is 9.54. The third-order valence-electron chi connectivity index (χ3n) is 7.37. The molecule has 0 aromatic heterocycles. The van der Waals surface area contributed by atoms with Gasteiger partial charge in [0.25, 0.3) is 0 Å². The Hall–Kier alpha value is -2.67. The summed E-state index contributed by atoms with van der Waals surface area (Å²) in [5.41, 5.74) is 3.66. The van der Waals surface area contributed by atoms with E-state index in [2.05, 4.69) is 21.2 Å². The number of hydrogen-bond donors (Lipinski definition) is 1. The van der Waals surface area contributed by atoms with Crippen LogP contribution in [0.15, 0.2) is 77.3 Å². The lowest BCUT2D eigenvalue weighted by Crippen LogP contribution is -2.57. The molecule has 1 fully saturated rings. The number of carbonyl (C=O) groups excluding carboxylic acids is 3. The zero-order valence-corrected chi connectivity index (χ0v) is 21.4. The molecule has 1 N–H and O–H groups in total. The summed E-state index contributed by atoms with van der Waals surface area (Å²) in [6.45, 7) is -0.0420. The first kappa shape index (κ1) is 22.8. The van der Waals surface area contributed by atoms with Gasteiger partial charge in [0.05, 0.1) is 11.8 Å². The minimum absolute atomic E-state index is 0.0303. The van der Waals surface area contributed by atoms with Crippen LogP contribution in [0.25, 0.3) is 0 Å². The number of amides is 3. The molecule has 176 valence electrons. The van der Waals surface area contributed by atoms with Gasteiger partial charge in [-0.25, -0.2) is 0 Å². The number of nitrogens with zero attached hydrogens (tertiary/aromatic N) is 1. The molecule has 1 aliphatic heterocycles. The molecule has 4 aliphatic rings. The number of rotatable bonds is 4. The van der Waals surface area contributed by atoms with Crippen molar-refractivity contribution in [2.24, 2.45) is 11.8 Å². The van der Waals surface area contributed by atoms with Gasteiger partial charge in [-0.15, -0.1) is 23.2 Å². The van der Waals surface area contributed by atoms with E-state index in [0.717, 1.165) is 26.7 Å². The molecule has 0 unspecified atom stereocenters. The molecule has 2 bridgehead atoms. The van der Waals surface area contributed by atoms with E-state index in [1.54, 1.807) is 12.1 Å². The van der Waals surface area contributed by atoms with E-state index in [-0.39, 0.29) is 30.7 Å². The molecule has 7 rings (SSSR count). The van der Waals surface area contributed by atoms with Gasteiger partial charge in [0, 0.05) is 23.1 Å². The number of benzene rings is 3. The highest BCUT2D eigenvalue weighted by atomic mass is 79.9. The fraction of sp³-hybridized carbons (Fsp3) is 0.222. The molecule has 2 atom stereocenters. The normalized spacial score (nSPS) is 27.9. The molecular formula is C27H19BrCl2N2O3. The molecule has 8 heteroatoms. The standard InChI is InChI=1S/C27H19BrCl2N2O3/c28-15-9-11-16(12-10-15)31-21(33)13-14-32-24(34)22-23(25(32)35)27(30)18-6-2-1-5-17(18)26(22,29)19-7-3-4-8-20(19)27/h1-12,22-23H,13-14H2,(H,31,33)/t22-,23-,26?,27?/m1/s1. The van der Waals surface area contributed by atoms with Crippen molar-refractivity contribution < 1.29 is 14.4 Å². The molecule has 0 radical (unpaired) electrons. The van der Waals surface area contributed by atoms with Gasteiger partial charge in [0.1, 0.15) is 9.75 Å². The van der Waals surface area contributed by atoms with Crippen LogP contribution in [-0.4, -0.2) is 29.2 Å². The lowest BCUT2D eigenvalue weighted by Gasteiger charge is -2.54. The quantitative estimate of drug-likeness (QED) is 0.339. The van der Waals surface area contributed by atoms with Crippen molar-refractivity contribution in [2.75, 3.05) is 11.9 Å². The Balaban J connectivity index is 1.34. The van der Waals surface area contributed by atoms with Crippen LogP contribution in [0.4, 0.5) is 5.69 Å². The summed E-state index contributed by atoms with van der Waals surface area (Å²) in [4.78, 5) is 38.8. The molecule has 1 heterocycles. The number of hydrogen-bond acceptors (Lipinski definition) is 3. The van der Waals surface area contributed by atoms with Gasteiger partial charge in [-0.05, 0) is 46.5 Å². The molecule has 3 amide bonds. The predicted molar refractivity (Wildman–Crippen MR) is 137 cm³/mol. The predicted octanol–water partition coefficient (Wildman–Crippen LogP) is 5.37. The molecule has 1 saturated heterocycles. The number of anilines is 1. The van der Waals surface area contributed by atoms with Gasteiger partial charge in [-0.2, -0.15) is 0 Å². The van der Waals surface area contributed by atoms with E-state index in [9.17, 15) is 14.4 Å². The first-order valence-corrected chi connectivity index (χ1v) is 12.8. The van der Waals surface area contributed by atoms with E-state index in [4.69, 9.17) is 23.2 Å². The maximum Gasteiger partial charge on any atom is 0.235 e. The number of carbonyl (C=O) groups is 3. The molecule has 3 aromatic rings. The van der Waals surface area contributed by atoms with Gasteiger partial charge < -0.3 is 5.32 Å². The van der Waals surface area contributed by atoms with Crippen molar-refractivity contribution in [1.29, 1.82) is 0 Å². The fourth-order valence-electron chi connectivity index (χ4n) is 5.92. The third kappa shape index (κ3) is 3.03. The molecule has 3 aromatic carbocycles. The fourth-order valence-corrected chi connectivity index (χ4v) is 7.28. The van der Waals surface area contributed by atoms with Crippen LogP contribution in [-0.2, 0) is 24.1 Å². The Kier molecular flexibility index (Phi) is 5.15. The van der Waals surface area contributed by atoms with E-state index in [0.29, 0.717) is 5.69 Å². The van der Waals surface area contributed by atoms with E-state index in [1.165, 1.54) is 4.90 Å². The first-order chi connectivity index (χ1) is 16.8. The highest BCUT2D eigenvalue weighted by Gasteiger charge is 2.72. The lowest BCUT2D eigenvalue weighted by molar-refractivity contribution is -0.140. The second-order valence-corrected chi connectivity index (χ2v) is 11.2.